The van der Waals surface area contributed by atoms with Crippen LogP contribution < -0.4 is 10.5 Å². The van der Waals surface area contributed by atoms with Crippen molar-refractivity contribution in [3.63, 3.8) is 0 Å². The predicted molar refractivity (Wildman–Crippen MR) is 67.4 cm³/mol. The summed E-state index contributed by atoms with van der Waals surface area (Å²) in [5.41, 5.74) is 7.24. The third-order valence-corrected chi connectivity index (χ3v) is 2.53. The van der Waals surface area contributed by atoms with Gasteiger partial charge in [-0.15, -0.1) is 12.3 Å². The van der Waals surface area contributed by atoms with Crippen molar-refractivity contribution in [3.05, 3.63) is 29.8 Å². The summed E-state index contributed by atoms with van der Waals surface area (Å²) in [6.07, 6.45) is 8.86. The minimum atomic E-state index is 0.181. The maximum atomic E-state index is 6.03. The van der Waals surface area contributed by atoms with Gasteiger partial charge in [0.1, 0.15) is 5.75 Å². The molecular formula is C14H19NO. The third-order valence-electron chi connectivity index (χ3n) is 2.53. The molecule has 1 aromatic carbocycles. The van der Waals surface area contributed by atoms with E-state index >= 15 is 0 Å². The lowest BCUT2D eigenvalue weighted by molar-refractivity contribution is 0.414. The largest absolute Gasteiger partial charge is 0.497 e. The monoisotopic (exact) mass is 217 g/mol. The van der Waals surface area contributed by atoms with Gasteiger partial charge in [-0.2, -0.15) is 0 Å². The Labute approximate surface area is 97.8 Å². The van der Waals surface area contributed by atoms with Crippen LogP contribution in [-0.4, -0.2) is 13.2 Å². The average molecular weight is 217 g/mol. The quantitative estimate of drug-likeness (QED) is 0.586. The number of ether oxygens (including phenoxy) is 1. The maximum Gasteiger partial charge on any atom is 0.119 e. The summed E-state index contributed by atoms with van der Waals surface area (Å²) >= 11 is 0. The number of benzene rings is 1. The highest BCUT2D eigenvalue weighted by atomic mass is 16.5. The van der Waals surface area contributed by atoms with Gasteiger partial charge < -0.3 is 10.5 Å². The zero-order chi connectivity index (χ0) is 11.8. The highest BCUT2D eigenvalue weighted by molar-refractivity contribution is 5.28. The molecule has 0 aliphatic carbocycles. The molecule has 1 atom stereocenters. The lowest BCUT2D eigenvalue weighted by atomic mass is 10.0. The van der Waals surface area contributed by atoms with Crippen LogP contribution in [0.4, 0.5) is 0 Å². The molecular weight excluding hydrogens is 198 g/mol. The van der Waals surface area contributed by atoms with E-state index in [-0.39, 0.29) is 6.04 Å². The van der Waals surface area contributed by atoms with Crippen LogP contribution in [-0.2, 0) is 6.42 Å². The summed E-state index contributed by atoms with van der Waals surface area (Å²) in [4.78, 5) is 0. The van der Waals surface area contributed by atoms with Crippen LogP contribution in [0.25, 0.3) is 0 Å². The van der Waals surface area contributed by atoms with Gasteiger partial charge in [-0.3, -0.25) is 0 Å². The van der Waals surface area contributed by atoms with Gasteiger partial charge in [-0.25, -0.2) is 0 Å². The fraction of sp³-hybridized carbons (Fsp3) is 0.429. The summed E-state index contributed by atoms with van der Waals surface area (Å²) in [6.45, 7) is 0. The predicted octanol–water partition coefficient (Wildman–Crippen LogP) is 2.37. The molecule has 1 rings (SSSR count). The molecule has 0 saturated heterocycles. The lowest BCUT2D eigenvalue weighted by Gasteiger charge is -2.11. The molecule has 0 bridgehead atoms. The van der Waals surface area contributed by atoms with E-state index in [9.17, 15) is 0 Å². The number of methoxy groups -OCH3 is 1. The minimum absolute atomic E-state index is 0.181. The van der Waals surface area contributed by atoms with Crippen molar-refractivity contribution in [1.29, 1.82) is 0 Å². The van der Waals surface area contributed by atoms with Crippen molar-refractivity contribution in [2.24, 2.45) is 5.73 Å². The average Bonchev–Trinajstić information content (AvgIpc) is 2.29. The highest BCUT2D eigenvalue weighted by Gasteiger charge is 2.04. The zero-order valence-electron chi connectivity index (χ0n) is 9.78. The Kier molecular flexibility index (Phi) is 5.45. The van der Waals surface area contributed by atoms with E-state index in [4.69, 9.17) is 16.9 Å². The Morgan fingerprint density at radius 3 is 3.00 bits per heavy atom. The maximum absolute atomic E-state index is 6.03. The molecule has 0 saturated carbocycles. The molecule has 2 N–H and O–H groups in total. The lowest BCUT2D eigenvalue weighted by Crippen LogP contribution is -2.22. The summed E-state index contributed by atoms with van der Waals surface area (Å²) in [6, 6.07) is 8.21. The first kappa shape index (κ1) is 12.6. The van der Waals surface area contributed by atoms with Crippen LogP contribution in [0.5, 0.6) is 5.75 Å². The Morgan fingerprint density at radius 1 is 1.50 bits per heavy atom. The van der Waals surface area contributed by atoms with Crippen molar-refractivity contribution < 1.29 is 4.74 Å². The summed E-state index contributed by atoms with van der Waals surface area (Å²) < 4.78 is 5.17. The van der Waals surface area contributed by atoms with Gasteiger partial charge in [0.2, 0.25) is 0 Å². The van der Waals surface area contributed by atoms with E-state index in [0.717, 1.165) is 31.4 Å². The molecule has 86 valence electrons. The van der Waals surface area contributed by atoms with Gasteiger partial charge in [0, 0.05) is 12.5 Å². The molecule has 16 heavy (non-hydrogen) atoms. The fourth-order valence-electron chi connectivity index (χ4n) is 1.67. The highest BCUT2D eigenvalue weighted by Crippen LogP contribution is 2.14. The normalized spacial score (nSPS) is 11.8. The second-order valence-electron chi connectivity index (χ2n) is 3.91. The summed E-state index contributed by atoms with van der Waals surface area (Å²) in [5.74, 6) is 3.51. The summed E-state index contributed by atoms with van der Waals surface area (Å²) in [5, 5.41) is 0. The molecule has 0 aliphatic rings. The molecule has 0 amide bonds. The Morgan fingerprint density at radius 2 is 2.31 bits per heavy atom. The topological polar surface area (TPSA) is 35.2 Å². The van der Waals surface area contributed by atoms with Gasteiger partial charge in [0.15, 0.2) is 0 Å². The second kappa shape index (κ2) is 6.92. The van der Waals surface area contributed by atoms with Crippen LogP contribution in [0.3, 0.4) is 0 Å². The van der Waals surface area contributed by atoms with E-state index in [0.29, 0.717) is 0 Å². The molecule has 0 aliphatic heterocycles. The molecule has 2 heteroatoms. The molecule has 0 radical (unpaired) electrons. The van der Waals surface area contributed by atoms with Crippen LogP contribution in [0.15, 0.2) is 24.3 Å². The first-order valence-corrected chi connectivity index (χ1v) is 5.58. The summed E-state index contributed by atoms with van der Waals surface area (Å²) in [7, 11) is 1.67. The molecule has 2 nitrogen and oxygen atoms in total. The number of hydrogen-bond acceptors (Lipinski definition) is 2. The van der Waals surface area contributed by atoms with Crippen LogP contribution >= 0.6 is 0 Å². The van der Waals surface area contributed by atoms with Gasteiger partial charge >= 0.3 is 0 Å². The van der Waals surface area contributed by atoms with E-state index in [1.54, 1.807) is 7.11 Å². The number of hydrogen-bond donors (Lipinski definition) is 1. The van der Waals surface area contributed by atoms with Crippen molar-refractivity contribution in [2.45, 2.75) is 31.7 Å². The van der Waals surface area contributed by atoms with Crippen LogP contribution in [0.1, 0.15) is 24.8 Å². The van der Waals surface area contributed by atoms with E-state index < -0.39 is 0 Å². The van der Waals surface area contributed by atoms with Crippen molar-refractivity contribution >= 4 is 0 Å². The first-order valence-electron chi connectivity index (χ1n) is 5.58. The minimum Gasteiger partial charge on any atom is -0.497 e. The van der Waals surface area contributed by atoms with Crippen molar-refractivity contribution in [1.82, 2.24) is 0 Å². The second-order valence-corrected chi connectivity index (χ2v) is 3.91. The Balaban J connectivity index is 2.43. The van der Waals surface area contributed by atoms with E-state index in [1.807, 2.05) is 18.2 Å². The van der Waals surface area contributed by atoms with Gasteiger partial charge in [-0.1, -0.05) is 12.1 Å². The number of terminal acetylenes is 1. The zero-order valence-corrected chi connectivity index (χ0v) is 9.78. The Bertz CT molecular complexity index is 354. The molecule has 0 aromatic heterocycles. The van der Waals surface area contributed by atoms with Gasteiger partial charge in [-0.05, 0) is 37.0 Å². The third kappa shape index (κ3) is 4.37. The number of nitrogens with two attached hydrogens (primary N) is 1. The number of unbranched alkanes of at least 4 members (excludes halogenated alkanes) is 1. The van der Waals surface area contributed by atoms with E-state index in [1.165, 1.54) is 5.56 Å². The van der Waals surface area contributed by atoms with Gasteiger partial charge in [0.25, 0.3) is 0 Å². The Hall–Kier alpha value is -1.46. The smallest absolute Gasteiger partial charge is 0.119 e. The fourth-order valence-corrected chi connectivity index (χ4v) is 1.67. The molecule has 1 aromatic rings. The van der Waals surface area contributed by atoms with Crippen molar-refractivity contribution in [3.8, 4) is 18.1 Å². The van der Waals surface area contributed by atoms with Crippen LogP contribution in [0.2, 0.25) is 0 Å². The number of rotatable bonds is 6. The van der Waals surface area contributed by atoms with E-state index in [2.05, 4.69) is 12.0 Å². The van der Waals surface area contributed by atoms with Crippen molar-refractivity contribution in [2.75, 3.05) is 7.11 Å². The van der Waals surface area contributed by atoms with Gasteiger partial charge in [0.05, 0.1) is 7.11 Å². The molecule has 0 heterocycles. The first-order chi connectivity index (χ1) is 7.76. The standard InChI is InChI=1S/C14H19NO/c1-3-4-5-8-13(15)10-12-7-6-9-14(11-12)16-2/h1,6-7,9,11,13H,4-5,8,10,15H2,2H3. The van der Waals surface area contributed by atoms with Crippen LogP contribution in [0, 0.1) is 12.3 Å². The molecule has 0 fully saturated rings. The molecule has 1 unspecified atom stereocenters. The SMILES string of the molecule is C#CCCCC(N)Cc1cccc(OC)c1. The molecule has 0 spiro atoms.